The number of hydrogen-bond donors (Lipinski definition) is 2. The molecule has 2 atom stereocenters. The summed E-state index contributed by atoms with van der Waals surface area (Å²) in [5.74, 6) is 0.324. The van der Waals surface area contributed by atoms with Gasteiger partial charge in [-0.3, -0.25) is 0 Å². The van der Waals surface area contributed by atoms with Crippen molar-refractivity contribution in [3.8, 4) is 17.0 Å². The number of methoxy groups -OCH3 is 2. The van der Waals surface area contributed by atoms with Crippen LogP contribution >= 0.6 is 0 Å². The second-order valence-corrected chi connectivity index (χ2v) is 7.64. The quantitative estimate of drug-likeness (QED) is 0.600. The fourth-order valence-electron chi connectivity index (χ4n) is 3.72. The van der Waals surface area contributed by atoms with Gasteiger partial charge in [-0.05, 0) is 25.5 Å². The standard InChI is InChI=1S/C22H27N5O4/c1-14(13-29-2)25-22(28)31-19-11-24-21-20(19)26-18(10-23-21)15-5-4-6-16(9-15)27-8-7-17(12-27)30-3/h4-6,9-11,14,17H,7-8,12-13H2,1-3H3,(H,23,24)(H,25,28)/t14-,17?/m0/s1. The van der Waals surface area contributed by atoms with Crippen molar-refractivity contribution in [1.82, 2.24) is 20.3 Å². The van der Waals surface area contributed by atoms with Gasteiger partial charge >= 0.3 is 6.09 Å². The molecule has 4 rings (SSSR count). The molecule has 0 radical (unpaired) electrons. The van der Waals surface area contributed by atoms with Crippen molar-refractivity contribution >= 4 is 22.9 Å². The van der Waals surface area contributed by atoms with Gasteiger partial charge in [0.25, 0.3) is 0 Å². The summed E-state index contributed by atoms with van der Waals surface area (Å²) < 4.78 is 15.9. The van der Waals surface area contributed by atoms with Crippen molar-refractivity contribution in [2.24, 2.45) is 0 Å². The summed E-state index contributed by atoms with van der Waals surface area (Å²) in [6, 6.07) is 8.02. The number of nitrogens with one attached hydrogen (secondary N) is 2. The zero-order valence-electron chi connectivity index (χ0n) is 17.9. The van der Waals surface area contributed by atoms with E-state index in [1.54, 1.807) is 26.6 Å². The lowest BCUT2D eigenvalue weighted by atomic mass is 10.1. The molecule has 0 saturated carbocycles. The minimum absolute atomic E-state index is 0.171. The summed E-state index contributed by atoms with van der Waals surface area (Å²) >= 11 is 0. The summed E-state index contributed by atoms with van der Waals surface area (Å²) in [5.41, 5.74) is 3.82. The highest BCUT2D eigenvalue weighted by atomic mass is 16.6. The van der Waals surface area contributed by atoms with Gasteiger partial charge in [0.15, 0.2) is 16.9 Å². The van der Waals surface area contributed by atoms with Gasteiger partial charge < -0.3 is 29.4 Å². The Morgan fingerprint density at radius 1 is 1.39 bits per heavy atom. The molecule has 9 nitrogen and oxygen atoms in total. The van der Waals surface area contributed by atoms with Gasteiger partial charge in [0.05, 0.1) is 30.6 Å². The fourth-order valence-corrected chi connectivity index (χ4v) is 3.72. The SMILES string of the molecule is COC[C@H](C)NC(=O)Oc1c[nH]c2ncc(-c3cccc(N4CCC(OC)C4)c3)nc12. The number of benzene rings is 1. The lowest BCUT2D eigenvalue weighted by molar-refractivity contribution is 0.121. The molecule has 1 amide bonds. The Morgan fingerprint density at radius 2 is 2.26 bits per heavy atom. The Balaban J connectivity index is 1.55. The Labute approximate surface area is 180 Å². The van der Waals surface area contributed by atoms with Gasteiger partial charge in [-0.2, -0.15) is 0 Å². The zero-order chi connectivity index (χ0) is 21.8. The molecule has 1 fully saturated rings. The normalized spacial score (nSPS) is 17.1. The molecular weight excluding hydrogens is 398 g/mol. The van der Waals surface area contributed by atoms with E-state index in [-0.39, 0.29) is 12.1 Å². The van der Waals surface area contributed by atoms with Crippen LogP contribution in [0.15, 0.2) is 36.7 Å². The number of carbonyl (C=O) groups is 1. The molecule has 1 unspecified atom stereocenters. The molecule has 31 heavy (non-hydrogen) atoms. The number of hydrogen-bond acceptors (Lipinski definition) is 7. The molecule has 3 aromatic rings. The van der Waals surface area contributed by atoms with E-state index in [2.05, 4.69) is 32.3 Å². The second kappa shape index (κ2) is 9.32. The van der Waals surface area contributed by atoms with Gasteiger partial charge in [0, 0.05) is 44.8 Å². The Hall–Kier alpha value is -3.17. The van der Waals surface area contributed by atoms with Crippen molar-refractivity contribution < 1.29 is 19.0 Å². The van der Waals surface area contributed by atoms with Crippen LogP contribution in [0.25, 0.3) is 22.4 Å². The van der Waals surface area contributed by atoms with Crippen LogP contribution < -0.4 is 15.0 Å². The van der Waals surface area contributed by atoms with Gasteiger partial charge in [-0.1, -0.05) is 12.1 Å². The number of anilines is 1. The molecule has 3 heterocycles. The number of H-pyrrole nitrogens is 1. The maximum absolute atomic E-state index is 12.2. The van der Waals surface area contributed by atoms with Crippen molar-refractivity contribution in [1.29, 1.82) is 0 Å². The lowest BCUT2D eigenvalue weighted by Gasteiger charge is -2.19. The molecule has 9 heteroatoms. The summed E-state index contributed by atoms with van der Waals surface area (Å²) in [5, 5.41) is 2.71. The van der Waals surface area contributed by atoms with E-state index in [0.29, 0.717) is 29.2 Å². The largest absolute Gasteiger partial charge is 0.413 e. The molecule has 2 aromatic heterocycles. The first-order valence-corrected chi connectivity index (χ1v) is 10.3. The number of rotatable bonds is 7. The van der Waals surface area contributed by atoms with E-state index in [1.807, 2.05) is 19.1 Å². The molecule has 1 saturated heterocycles. The Bertz CT molecular complexity index is 1050. The van der Waals surface area contributed by atoms with Crippen molar-refractivity contribution in [3.05, 3.63) is 36.7 Å². The van der Waals surface area contributed by atoms with Crippen LogP contribution in [-0.2, 0) is 9.47 Å². The molecular formula is C22H27N5O4. The molecule has 164 valence electrons. The third-order valence-electron chi connectivity index (χ3n) is 5.31. The van der Waals surface area contributed by atoms with Crippen LogP contribution in [0.1, 0.15) is 13.3 Å². The predicted molar refractivity (Wildman–Crippen MR) is 117 cm³/mol. The Morgan fingerprint density at radius 3 is 3.03 bits per heavy atom. The van der Waals surface area contributed by atoms with Gasteiger partial charge in [-0.25, -0.2) is 14.8 Å². The molecule has 0 bridgehead atoms. The van der Waals surface area contributed by atoms with Crippen LogP contribution in [0.5, 0.6) is 5.75 Å². The highest BCUT2D eigenvalue weighted by Crippen LogP contribution is 2.29. The van der Waals surface area contributed by atoms with E-state index in [9.17, 15) is 4.79 Å². The minimum atomic E-state index is -0.568. The first kappa shape index (κ1) is 21.1. The first-order chi connectivity index (χ1) is 15.1. The summed E-state index contributed by atoms with van der Waals surface area (Å²) in [6.07, 6.45) is 4.01. The van der Waals surface area contributed by atoms with Crippen molar-refractivity contribution in [3.63, 3.8) is 0 Å². The number of aromatic nitrogens is 3. The highest BCUT2D eigenvalue weighted by Gasteiger charge is 2.22. The molecule has 2 N–H and O–H groups in total. The van der Waals surface area contributed by atoms with Crippen molar-refractivity contribution in [2.45, 2.75) is 25.5 Å². The number of amides is 1. The van der Waals surface area contributed by atoms with E-state index in [4.69, 9.17) is 19.2 Å². The van der Waals surface area contributed by atoms with Gasteiger partial charge in [0.2, 0.25) is 0 Å². The van der Waals surface area contributed by atoms with E-state index >= 15 is 0 Å². The number of ether oxygens (including phenoxy) is 3. The van der Waals surface area contributed by atoms with Gasteiger partial charge in [0.1, 0.15) is 0 Å². The van der Waals surface area contributed by atoms with Gasteiger partial charge in [-0.15, -0.1) is 0 Å². The lowest BCUT2D eigenvalue weighted by Crippen LogP contribution is -2.37. The zero-order valence-corrected chi connectivity index (χ0v) is 17.9. The fraction of sp³-hybridized carbons (Fsp3) is 0.409. The summed E-state index contributed by atoms with van der Waals surface area (Å²) in [7, 11) is 3.33. The number of aromatic amines is 1. The van der Waals surface area contributed by atoms with Crippen LogP contribution in [0.2, 0.25) is 0 Å². The monoisotopic (exact) mass is 425 g/mol. The Kier molecular flexibility index (Phi) is 6.34. The molecule has 0 aliphatic carbocycles. The number of carbonyl (C=O) groups excluding carboxylic acids is 1. The van der Waals surface area contributed by atoms with E-state index < -0.39 is 6.09 Å². The van der Waals surface area contributed by atoms with Crippen LogP contribution in [0.3, 0.4) is 0 Å². The molecule has 1 aromatic carbocycles. The van der Waals surface area contributed by atoms with E-state index in [1.165, 1.54) is 0 Å². The van der Waals surface area contributed by atoms with Crippen LogP contribution in [0, 0.1) is 0 Å². The summed E-state index contributed by atoms with van der Waals surface area (Å²) in [6.45, 7) is 4.06. The number of nitrogens with zero attached hydrogens (tertiary/aromatic N) is 3. The molecule has 0 spiro atoms. The molecule has 1 aliphatic heterocycles. The predicted octanol–water partition coefficient (Wildman–Crippen LogP) is 2.97. The molecule has 1 aliphatic rings. The topological polar surface area (TPSA) is 102 Å². The first-order valence-electron chi connectivity index (χ1n) is 10.3. The van der Waals surface area contributed by atoms with Crippen LogP contribution in [-0.4, -0.2) is 67.1 Å². The van der Waals surface area contributed by atoms with E-state index in [0.717, 1.165) is 30.8 Å². The average molecular weight is 425 g/mol. The third-order valence-corrected chi connectivity index (χ3v) is 5.31. The highest BCUT2D eigenvalue weighted by molar-refractivity contribution is 5.84. The van der Waals surface area contributed by atoms with Crippen LogP contribution in [0.4, 0.5) is 10.5 Å². The number of fused-ring (bicyclic) bond motifs is 1. The third kappa shape index (κ3) is 4.78. The smallest absolute Gasteiger partial charge is 0.406 e. The minimum Gasteiger partial charge on any atom is -0.406 e. The maximum Gasteiger partial charge on any atom is 0.413 e. The second-order valence-electron chi connectivity index (χ2n) is 7.64. The summed E-state index contributed by atoms with van der Waals surface area (Å²) in [4.78, 5) is 26.6. The maximum atomic E-state index is 12.2. The average Bonchev–Trinajstić information content (AvgIpc) is 3.41. The van der Waals surface area contributed by atoms with Crippen molar-refractivity contribution in [2.75, 3.05) is 38.8 Å².